The lowest BCUT2D eigenvalue weighted by Gasteiger charge is -2.11. The molecular formula is C22H24N2O6. The van der Waals surface area contributed by atoms with Crippen molar-refractivity contribution in [2.75, 3.05) is 0 Å². The summed E-state index contributed by atoms with van der Waals surface area (Å²) in [6.45, 7) is 0. The quantitative estimate of drug-likeness (QED) is 0.460. The molecule has 0 bridgehead atoms. The lowest BCUT2D eigenvalue weighted by Crippen LogP contribution is -2.36. The van der Waals surface area contributed by atoms with Gasteiger partial charge in [0.15, 0.2) is 0 Å². The zero-order valence-corrected chi connectivity index (χ0v) is 16.4. The van der Waals surface area contributed by atoms with E-state index in [4.69, 9.17) is 11.5 Å². The summed E-state index contributed by atoms with van der Waals surface area (Å²) < 4.78 is 9.29. The van der Waals surface area contributed by atoms with Crippen molar-refractivity contribution >= 4 is 23.9 Å². The van der Waals surface area contributed by atoms with Gasteiger partial charge in [-0.3, -0.25) is 9.59 Å². The number of carbonyl (C=O) groups excluding carboxylic acids is 4. The van der Waals surface area contributed by atoms with E-state index in [1.807, 2.05) is 12.1 Å². The molecule has 0 aliphatic rings. The fourth-order valence-electron chi connectivity index (χ4n) is 2.58. The van der Waals surface area contributed by atoms with Gasteiger partial charge < -0.3 is 20.9 Å². The van der Waals surface area contributed by atoms with Gasteiger partial charge in [0.05, 0.1) is 12.8 Å². The van der Waals surface area contributed by atoms with Crippen molar-refractivity contribution in [3.8, 4) is 0 Å². The Kier molecular flexibility index (Phi) is 8.86. The van der Waals surface area contributed by atoms with Crippen molar-refractivity contribution in [2.24, 2.45) is 11.5 Å². The lowest BCUT2D eigenvalue weighted by molar-refractivity contribution is -0.166. The van der Waals surface area contributed by atoms with E-state index in [1.165, 1.54) is 0 Å². The molecule has 0 aliphatic carbocycles. The molecule has 4 N–H and O–H groups in total. The third-order valence-electron chi connectivity index (χ3n) is 4.16. The van der Waals surface area contributed by atoms with Crippen LogP contribution in [0.1, 0.15) is 24.0 Å². The number of rotatable bonds is 9. The van der Waals surface area contributed by atoms with E-state index >= 15 is 0 Å². The van der Waals surface area contributed by atoms with E-state index < -0.39 is 48.8 Å². The Balaban J connectivity index is 1.69. The molecule has 0 fully saturated rings. The maximum absolute atomic E-state index is 11.9. The van der Waals surface area contributed by atoms with Gasteiger partial charge in [0.1, 0.15) is 12.1 Å². The van der Waals surface area contributed by atoms with Crippen molar-refractivity contribution in [2.45, 2.75) is 37.8 Å². The minimum atomic E-state index is -1.01. The molecule has 0 spiro atoms. The van der Waals surface area contributed by atoms with Gasteiger partial charge in [-0.15, -0.1) is 0 Å². The van der Waals surface area contributed by atoms with Gasteiger partial charge in [0, 0.05) is 0 Å². The molecular weight excluding hydrogens is 388 g/mol. The molecule has 8 heteroatoms. The van der Waals surface area contributed by atoms with Crippen molar-refractivity contribution < 1.29 is 28.7 Å². The Labute approximate surface area is 174 Å². The van der Waals surface area contributed by atoms with Gasteiger partial charge >= 0.3 is 23.9 Å². The molecule has 0 aromatic heterocycles. The van der Waals surface area contributed by atoms with Crippen LogP contribution in [0.4, 0.5) is 0 Å². The molecule has 158 valence electrons. The van der Waals surface area contributed by atoms with Crippen LogP contribution in [0.15, 0.2) is 60.7 Å². The molecule has 2 rings (SSSR count). The number of ether oxygens (including phenoxy) is 2. The highest BCUT2D eigenvalue weighted by Gasteiger charge is 2.22. The smallest absolute Gasteiger partial charge is 0.330 e. The van der Waals surface area contributed by atoms with Gasteiger partial charge in [-0.05, 0) is 24.0 Å². The molecule has 30 heavy (non-hydrogen) atoms. The van der Waals surface area contributed by atoms with Crippen LogP contribution in [0.2, 0.25) is 0 Å². The predicted molar refractivity (Wildman–Crippen MR) is 108 cm³/mol. The number of esters is 4. The van der Waals surface area contributed by atoms with E-state index in [0.29, 0.717) is 0 Å². The minimum Gasteiger partial charge on any atom is -0.392 e. The van der Waals surface area contributed by atoms with Gasteiger partial charge in [-0.2, -0.15) is 0 Å². The number of benzene rings is 2. The van der Waals surface area contributed by atoms with Gasteiger partial charge in [0.2, 0.25) is 0 Å². The molecule has 2 atom stereocenters. The zero-order chi connectivity index (χ0) is 21.9. The summed E-state index contributed by atoms with van der Waals surface area (Å²) >= 11 is 0. The van der Waals surface area contributed by atoms with Crippen LogP contribution in [0, 0.1) is 0 Å². The molecule has 0 amide bonds. The van der Waals surface area contributed by atoms with E-state index in [-0.39, 0.29) is 12.8 Å². The normalized spacial score (nSPS) is 12.5. The molecule has 2 aromatic rings. The second-order valence-corrected chi connectivity index (χ2v) is 6.68. The second-order valence-electron chi connectivity index (χ2n) is 6.68. The fourth-order valence-corrected chi connectivity index (χ4v) is 2.58. The Hall–Kier alpha value is -3.36. The Bertz CT molecular complexity index is 796. The molecule has 0 radical (unpaired) electrons. The fraction of sp³-hybridized carbons (Fsp3) is 0.273. The van der Waals surface area contributed by atoms with E-state index in [2.05, 4.69) is 9.47 Å². The summed E-state index contributed by atoms with van der Waals surface area (Å²) in [5, 5.41) is 0. The summed E-state index contributed by atoms with van der Waals surface area (Å²) in [6, 6.07) is 16.0. The first-order valence-corrected chi connectivity index (χ1v) is 9.43. The van der Waals surface area contributed by atoms with Crippen molar-refractivity contribution in [1.29, 1.82) is 0 Å². The van der Waals surface area contributed by atoms with Crippen LogP contribution >= 0.6 is 0 Å². The molecule has 0 heterocycles. The van der Waals surface area contributed by atoms with Crippen LogP contribution in [0.3, 0.4) is 0 Å². The van der Waals surface area contributed by atoms with Crippen molar-refractivity contribution in [3.63, 3.8) is 0 Å². The summed E-state index contributed by atoms with van der Waals surface area (Å²) in [4.78, 5) is 47.3. The average Bonchev–Trinajstić information content (AvgIpc) is 2.73. The first-order valence-electron chi connectivity index (χ1n) is 9.43. The number of nitrogens with two attached hydrogens (primary N) is 2. The molecule has 8 nitrogen and oxygen atoms in total. The molecule has 0 saturated carbocycles. The monoisotopic (exact) mass is 412 g/mol. The largest absolute Gasteiger partial charge is 0.392 e. The molecule has 2 aromatic carbocycles. The highest BCUT2D eigenvalue weighted by Crippen LogP contribution is 2.06. The second kappa shape index (κ2) is 11.6. The molecule has 0 unspecified atom stereocenters. The Morgan fingerprint density at radius 3 is 1.30 bits per heavy atom. The van der Waals surface area contributed by atoms with Crippen LogP contribution in [-0.2, 0) is 41.5 Å². The number of hydrogen-bond acceptors (Lipinski definition) is 8. The SMILES string of the molecule is N[C@@H](Cc1ccccc1)C(=O)OC(=O)CCC(=O)OC(=O)[C@@H](N)Cc1ccccc1. The first kappa shape index (κ1) is 22.9. The number of carbonyl (C=O) groups is 4. The number of hydrogen-bond donors (Lipinski definition) is 2. The molecule has 0 saturated heterocycles. The van der Waals surface area contributed by atoms with Crippen LogP contribution in [0.25, 0.3) is 0 Å². The minimum absolute atomic E-state index is 0.211. The third-order valence-corrected chi connectivity index (χ3v) is 4.16. The summed E-state index contributed by atoms with van der Waals surface area (Å²) in [5.41, 5.74) is 13.1. The third kappa shape index (κ3) is 7.94. The standard InChI is InChI=1S/C22H24N2O6/c23-17(13-15-7-3-1-4-8-15)21(27)29-19(25)11-12-20(26)30-22(28)18(24)14-16-9-5-2-6-10-16/h1-10,17-18H,11-14,23-24H2/t17-,18-/m0/s1. The Morgan fingerprint density at radius 2 is 0.967 bits per heavy atom. The van der Waals surface area contributed by atoms with E-state index in [0.717, 1.165) is 11.1 Å². The topological polar surface area (TPSA) is 139 Å². The highest BCUT2D eigenvalue weighted by atomic mass is 16.6. The van der Waals surface area contributed by atoms with Crippen LogP contribution in [0.5, 0.6) is 0 Å². The average molecular weight is 412 g/mol. The summed E-state index contributed by atoms with van der Waals surface area (Å²) in [5.74, 6) is -3.64. The van der Waals surface area contributed by atoms with E-state index in [1.54, 1.807) is 48.5 Å². The zero-order valence-electron chi connectivity index (χ0n) is 16.4. The lowest BCUT2D eigenvalue weighted by atomic mass is 10.1. The molecule has 0 aliphatic heterocycles. The predicted octanol–water partition coefficient (Wildman–Crippen LogP) is 1.05. The maximum Gasteiger partial charge on any atom is 0.330 e. The summed E-state index contributed by atoms with van der Waals surface area (Å²) in [7, 11) is 0. The van der Waals surface area contributed by atoms with Crippen molar-refractivity contribution in [1.82, 2.24) is 0 Å². The van der Waals surface area contributed by atoms with Crippen LogP contribution in [-0.4, -0.2) is 36.0 Å². The maximum atomic E-state index is 11.9. The van der Waals surface area contributed by atoms with E-state index in [9.17, 15) is 19.2 Å². The van der Waals surface area contributed by atoms with Gasteiger partial charge in [0.25, 0.3) is 0 Å². The Morgan fingerprint density at radius 1 is 0.633 bits per heavy atom. The highest BCUT2D eigenvalue weighted by molar-refractivity contribution is 5.92. The summed E-state index contributed by atoms with van der Waals surface area (Å²) in [6.07, 6.45) is -0.431. The van der Waals surface area contributed by atoms with Gasteiger partial charge in [-0.25, -0.2) is 9.59 Å². The van der Waals surface area contributed by atoms with Crippen LogP contribution < -0.4 is 11.5 Å². The first-order chi connectivity index (χ1) is 14.3. The van der Waals surface area contributed by atoms with Crippen molar-refractivity contribution in [3.05, 3.63) is 71.8 Å². The van der Waals surface area contributed by atoms with Gasteiger partial charge in [-0.1, -0.05) is 60.7 Å².